The van der Waals surface area contributed by atoms with Gasteiger partial charge in [0.1, 0.15) is 0 Å². The smallest absolute Gasteiger partial charge is 0.258 e. The molecule has 4 nitrogen and oxygen atoms in total. The Labute approximate surface area is 85.1 Å². The summed E-state index contributed by atoms with van der Waals surface area (Å²) in [5.41, 5.74) is 0.621. The van der Waals surface area contributed by atoms with Crippen molar-refractivity contribution in [2.75, 3.05) is 0 Å². The van der Waals surface area contributed by atoms with E-state index in [1.807, 2.05) is 0 Å². The number of nitro benzene ring substituents is 1. The fraction of sp³-hybridized carbons (Fsp3) is 0. The van der Waals surface area contributed by atoms with Gasteiger partial charge in [-0.1, -0.05) is 0 Å². The molecule has 1 aromatic heterocycles. The number of aromatic nitrogens is 1. The predicted octanol–water partition coefficient (Wildman–Crippen LogP) is 2.43. The lowest BCUT2D eigenvalue weighted by molar-refractivity contribution is -0.385. The number of nitro groups is 1. The molecule has 2 aromatic rings. The Balaban J connectivity index is 2.90. The van der Waals surface area contributed by atoms with Gasteiger partial charge in [0.2, 0.25) is 0 Å². The topological polar surface area (TPSA) is 56.0 Å². The van der Waals surface area contributed by atoms with Gasteiger partial charge in [0.15, 0.2) is 0 Å². The van der Waals surface area contributed by atoms with E-state index < -0.39 is 4.92 Å². The highest BCUT2D eigenvalue weighted by Crippen LogP contribution is 2.30. The third kappa shape index (κ3) is 1.31. The van der Waals surface area contributed by atoms with Crippen LogP contribution < -0.4 is 0 Å². The van der Waals surface area contributed by atoms with Crippen LogP contribution in [-0.4, -0.2) is 9.91 Å². The molecule has 0 fully saturated rings. The molecule has 0 bridgehead atoms. The van der Waals surface area contributed by atoms with E-state index in [0.717, 1.165) is 0 Å². The average Bonchev–Trinajstić information content (AvgIpc) is 2.17. The molecule has 1 aromatic carbocycles. The summed E-state index contributed by atoms with van der Waals surface area (Å²) in [7, 11) is 0. The van der Waals surface area contributed by atoms with Gasteiger partial charge in [0.25, 0.3) is 5.69 Å². The SMILES string of the molecule is O=[N+]([O-])c1c(S)ccc2ncccc12. The van der Waals surface area contributed by atoms with Crippen LogP contribution in [0, 0.1) is 10.1 Å². The lowest BCUT2D eigenvalue weighted by Gasteiger charge is -2.00. The third-order valence-corrected chi connectivity index (χ3v) is 2.28. The molecule has 0 radical (unpaired) electrons. The summed E-state index contributed by atoms with van der Waals surface area (Å²) in [6.45, 7) is 0. The van der Waals surface area contributed by atoms with Crippen LogP contribution in [0.15, 0.2) is 35.4 Å². The number of fused-ring (bicyclic) bond motifs is 1. The summed E-state index contributed by atoms with van der Waals surface area (Å²) in [4.78, 5) is 14.7. The molecular weight excluding hydrogens is 200 g/mol. The third-order valence-electron chi connectivity index (χ3n) is 1.92. The van der Waals surface area contributed by atoms with Crippen LogP contribution in [-0.2, 0) is 0 Å². The van der Waals surface area contributed by atoms with Crippen LogP contribution in [0.25, 0.3) is 10.9 Å². The van der Waals surface area contributed by atoms with E-state index in [1.54, 1.807) is 30.5 Å². The summed E-state index contributed by atoms with van der Waals surface area (Å²) >= 11 is 4.04. The van der Waals surface area contributed by atoms with E-state index >= 15 is 0 Å². The van der Waals surface area contributed by atoms with Crippen LogP contribution in [0.5, 0.6) is 0 Å². The molecule has 2 rings (SSSR count). The van der Waals surface area contributed by atoms with E-state index in [2.05, 4.69) is 17.6 Å². The predicted molar refractivity (Wildman–Crippen MR) is 55.6 cm³/mol. The Morgan fingerprint density at radius 2 is 2.14 bits per heavy atom. The Bertz CT molecular complexity index is 513. The second-order valence-electron chi connectivity index (χ2n) is 2.76. The van der Waals surface area contributed by atoms with Crippen molar-refractivity contribution in [3.05, 3.63) is 40.6 Å². The summed E-state index contributed by atoms with van der Waals surface area (Å²) in [5, 5.41) is 11.3. The first-order chi connectivity index (χ1) is 6.70. The normalized spacial score (nSPS) is 10.4. The number of hydrogen-bond donors (Lipinski definition) is 1. The molecule has 1 heterocycles. The number of hydrogen-bond acceptors (Lipinski definition) is 4. The van der Waals surface area contributed by atoms with Crippen molar-refractivity contribution in [3.8, 4) is 0 Å². The average molecular weight is 206 g/mol. The van der Waals surface area contributed by atoms with Gasteiger partial charge in [-0.2, -0.15) is 0 Å². The van der Waals surface area contributed by atoms with Crippen molar-refractivity contribution in [2.45, 2.75) is 4.90 Å². The van der Waals surface area contributed by atoms with Crippen LogP contribution >= 0.6 is 12.6 Å². The zero-order valence-corrected chi connectivity index (χ0v) is 7.94. The van der Waals surface area contributed by atoms with Crippen LogP contribution in [0.4, 0.5) is 5.69 Å². The maximum absolute atomic E-state index is 10.8. The van der Waals surface area contributed by atoms with E-state index in [-0.39, 0.29) is 5.69 Å². The van der Waals surface area contributed by atoms with E-state index in [1.165, 1.54) is 0 Å². The molecule has 0 atom stereocenters. The molecule has 0 saturated heterocycles. The van der Waals surface area contributed by atoms with Crippen molar-refractivity contribution in [1.82, 2.24) is 4.98 Å². The Morgan fingerprint density at radius 1 is 1.36 bits per heavy atom. The Hall–Kier alpha value is -1.62. The minimum atomic E-state index is -0.438. The molecule has 0 aliphatic heterocycles. The number of nitrogens with zero attached hydrogens (tertiary/aromatic N) is 2. The monoisotopic (exact) mass is 206 g/mol. The zero-order chi connectivity index (χ0) is 10.1. The van der Waals surface area contributed by atoms with Gasteiger partial charge in [-0.05, 0) is 24.3 Å². The molecule has 5 heteroatoms. The second-order valence-corrected chi connectivity index (χ2v) is 3.24. The van der Waals surface area contributed by atoms with Gasteiger partial charge in [0, 0.05) is 6.20 Å². The molecule has 14 heavy (non-hydrogen) atoms. The van der Waals surface area contributed by atoms with E-state index in [0.29, 0.717) is 15.8 Å². The zero-order valence-electron chi connectivity index (χ0n) is 7.04. The van der Waals surface area contributed by atoms with Gasteiger partial charge in [-0.25, -0.2) is 0 Å². The molecule has 0 N–H and O–H groups in total. The first-order valence-corrected chi connectivity index (χ1v) is 4.36. The van der Waals surface area contributed by atoms with Crippen molar-refractivity contribution in [3.63, 3.8) is 0 Å². The standard InChI is InChI=1S/C9H6N2O2S/c12-11(13)9-6-2-1-5-10-7(6)3-4-8(9)14/h1-5,14H. The van der Waals surface area contributed by atoms with Crippen molar-refractivity contribution >= 4 is 29.2 Å². The van der Waals surface area contributed by atoms with Gasteiger partial charge in [-0.3, -0.25) is 15.1 Å². The van der Waals surface area contributed by atoms with Crippen LogP contribution in [0.2, 0.25) is 0 Å². The van der Waals surface area contributed by atoms with Crippen molar-refractivity contribution < 1.29 is 4.92 Å². The molecule has 0 aliphatic carbocycles. The Morgan fingerprint density at radius 3 is 2.86 bits per heavy atom. The van der Waals surface area contributed by atoms with Crippen molar-refractivity contribution in [2.24, 2.45) is 0 Å². The Kier molecular flexibility index (Phi) is 2.09. The summed E-state index contributed by atoms with van der Waals surface area (Å²) in [6, 6.07) is 6.63. The summed E-state index contributed by atoms with van der Waals surface area (Å²) < 4.78 is 0. The summed E-state index contributed by atoms with van der Waals surface area (Å²) in [6.07, 6.45) is 1.60. The molecular formula is C9H6N2O2S. The minimum absolute atomic E-state index is 0.0129. The molecule has 0 spiro atoms. The summed E-state index contributed by atoms with van der Waals surface area (Å²) in [5.74, 6) is 0. The van der Waals surface area contributed by atoms with Crippen molar-refractivity contribution in [1.29, 1.82) is 0 Å². The molecule has 0 unspecified atom stereocenters. The van der Waals surface area contributed by atoms with Gasteiger partial charge >= 0.3 is 0 Å². The first-order valence-electron chi connectivity index (χ1n) is 3.91. The van der Waals surface area contributed by atoms with Gasteiger partial charge in [-0.15, -0.1) is 12.6 Å². The van der Waals surface area contributed by atoms with E-state index in [4.69, 9.17) is 0 Å². The molecule has 0 amide bonds. The largest absolute Gasteiger partial charge is 0.291 e. The molecule has 70 valence electrons. The van der Waals surface area contributed by atoms with Crippen LogP contribution in [0.1, 0.15) is 0 Å². The van der Waals surface area contributed by atoms with E-state index in [9.17, 15) is 10.1 Å². The number of pyridine rings is 1. The number of benzene rings is 1. The molecule has 0 saturated carbocycles. The van der Waals surface area contributed by atoms with Gasteiger partial charge < -0.3 is 0 Å². The highest BCUT2D eigenvalue weighted by atomic mass is 32.1. The lowest BCUT2D eigenvalue weighted by Crippen LogP contribution is -1.92. The first kappa shape index (κ1) is 8.96. The highest BCUT2D eigenvalue weighted by Gasteiger charge is 2.15. The second kappa shape index (κ2) is 3.26. The number of rotatable bonds is 1. The lowest BCUT2D eigenvalue weighted by atomic mass is 10.2. The van der Waals surface area contributed by atoms with Gasteiger partial charge in [0.05, 0.1) is 20.7 Å². The molecule has 0 aliphatic rings. The quantitative estimate of drug-likeness (QED) is 0.443. The maximum atomic E-state index is 10.8. The fourth-order valence-electron chi connectivity index (χ4n) is 1.32. The van der Waals surface area contributed by atoms with Crippen LogP contribution in [0.3, 0.4) is 0 Å². The maximum Gasteiger partial charge on any atom is 0.291 e. The fourth-order valence-corrected chi connectivity index (χ4v) is 1.59. The highest BCUT2D eigenvalue weighted by molar-refractivity contribution is 7.80. The number of thiol groups is 1. The minimum Gasteiger partial charge on any atom is -0.258 e.